The van der Waals surface area contributed by atoms with Crippen molar-refractivity contribution in [2.24, 2.45) is 0 Å². The van der Waals surface area contributed by atoms with Gasteiger partial charge < -0.3 is 14.4 Å². The highest BCUT2D eigenvalue weighted by Gasteiger charge is 2.53. The first-order valence-corrected chi connectivity index (χ1v) is 22.4. The molecule has 10 aromatic carbocycles. The van der Waals surface area contributed by atoms with Gasteiger partial charge in [-0.05, 0) is 115 Å². The summed E-state index contributed by atoms with van der Waals surface area (Å²) in [6, 6.07) is 85.8. The molecule has 0 aromatic heterocycles. The molecule has 0 radical (unpaired) electrons. The molecule has 0 saturated heterocycles. The third-order valence-corrected chi connectivity index (χ3v) is 14.4. The van der Waals surface area contributed by atoms with Crippen LogP contribution in [0.2, 0.25) is 0 Å². The largest absolute Gasteiger partial charge is 0.449 e. The Kier molecular flexibility index (Phi) is 7.53. The maximum atomic E-state index is 7.07. The van der Waals surface area contributed by atoms with Gasteiger partial charge in [-0.3, -0.25) is 0 Å². The maximum absolute atomic E-state index is 7.07. The molecule has 304 valence electrons. The number of hydrogen-bond acceptors (Lipinski definition) is 3. The van der Waals surface area contributed by atoms with Gasteiger partial charge in [-0.15, -0.1) is 0 Å². The summed E-state index contributed by atoms with van der Waals surface area (Å²) in [5.41, 5.74) is 19.6. The van der Waals surface area contributed by atoms with E-state index in [9.17, 15) is 0 Å². The summed E-state index contributed by atoms with van der Waals surface area (Å²) in [6.07, 6.45) is 0. The molecule has 0 N–H and O–H groups in total. The van der Waals surface area contributed by atoms with Gasteiger partial charge in [0.25, 0.3) is 0 Å². The first-order valence-electron chi connectivity index (χ1n) is 22.4. The number of rotatable bonds is 5. The normalized spacial score (nSPS) is 14.3. The number of benzene rings is 10. The van der Waals surface area contributed by atoms with Crippen molar-refractivity contribution < 1.29 is 9.47 Å². The van der Waals surface area contributed by atoms with Crippen LogP contribution in [0.3, 0.4) is 0 Å². The maximum Gasteiger partial charge on any atom is 0.178 e. The first kappa shape index (κ1) is 36.1. The SMILES string of the molecule is c1ccc(N(c2ccc3c(c2)Oc2ccc4c(c2O3)-c2ccccc2C42c3ccccc3-c3ccccc32)c2ccc3c(c2)-c2ccccc2C3(c2ccccc2)c2ccccc2)cc1. The van der Waals surface area contributed by atoms with Crippen molar-refractivity contribution in [3.63, 3.8) is 0 Å². The molecule has 1 aliphatic heterocycles. The van der Waals surface area contributed by atoms with E-state index in [-0.39, 0.29) is 0 Å². The predicted molar refractivity (Wildman–Crippen MR) is 261 cm³/mol. The molecule has 0 fully saturated rings. The van der Waals surface area contributed by atoms with E-state index in [2.05, 4.69) is 241 Å². The van der Waals surface area contributed by atoms with Crippen LogP contribution in [0.4, 0.5) is 17.1 Å². The minimum Gasteiger partial charge on any atom is -0.449 e. The molecular formula is C62H39NO2. The minimum atomic E-state index is -0.472. The van der Waals surface area contributed by atoms with Crippen LogP contribution in [0.15, 0.2) is 237 Å². The zero-order valence-corrected chi connectivity index (χ0v) is 35.3. The predicted octanol–water partition coefficient (Wildman–Crippen LogP) is 15.8. The monoisotopic (exact) mass is 829 g/mol. The minimum absolute atomic E-state index is 0.462. The number of ether oxygens (including phenoxy) is 2. The molecule has 0 saturated carbocycles. The van der Waals surface area contributed by atoms with Gasteiger partial charge >= 0.3 is 0 Å². The smallest absolute Gasteiger partial charge is 0.178 e. The fraction of sp³-hybridized carbons (Fsp3) is 0.0323. The Morgan fingerprint density at radius 3 is 1.35 bits per heavy atom. The van der Waals surface area contributed by atoms with E-state index in [1.807, 2.05) is 0 Å². The Morgan fingerprint density at radius 1 is 0.277 bits per heavy atom. The molecule has 3 nitrogen and oxygen atoms in total. The standard InChI is InChI=1S/C62H39NO2/c1-4-18-40(19-5-1)61(41-20-6-2-7-21-41)50-28-14-12-26-47(50)49-38-43(32-34-54(49)61)63(42-22-8-3-9-23-42)44-33-36-56-58(39-44)64-57-37-35-55-59(60(57)65-56)48-27-13-17-31-53(48)62(55)51-29-15-10-24-45(51)46-25-11-16-30-52(46)62/h1-39H. The lowest BCUT2D eigenvalue weighted by atomic mass is 9.68. The molecule has 14 rings (SSSR count). The van der Waals surface area contributed by atoms with Gasteiger partial charge in [-0.2, -0.15) is 0 Å². The van der Waals surface area contributed by atoms with Crippen molar-refractivity contribution in [3.05, 3.63) is 281 Å². The fourth-order valence-corrected chi connectivity index (χ4v) is 11.9. The summed E-state index contributed by atoms with van der Waals surface area (Å²) in [5, 5.41) is 0. The highest BCUT2D eigenvalue weighted by atomic mass is 16.6. The van der Waals surface area contributed by atoms with Crippen molar-refractivity contribution in [1.82, 2.24) is 0 Å². The molecule has 4 aliphatic rings. The zero-order valence-electron chi connectivity index (χ0n) is 35.3. The second-order valence-corrected chi connectivity index (χ2v) is 17.5. The summed E-state index contributed by atoms with van der Waals surface area (Å²) in [6.45, 7) is 0. The van der Waals surface area contributed by atoms with Crippen molar-refractivity contribution in [2.75, 3.05) is 4.90 Å². The number of nitrogens with zero attached hydrogens (tertiary/aromatic N) is 1. The molecule has 0 bridgehead atoms. The van der Waals surface area contributed by atoms with Crippen molar-refractivity contribution in [3.8, 4) is 56.4 Å². The van der Waals surface area contributed by atoms with Crippen LogP contribution in [0.1, 0.15) is 44.5 Å². The van der Waals surface area contributed by atoms with Gasteiger partial charge in [0.05, 0.1) is 16.5 Å². The number of fused-ring (bicyclic) bond motifs is 16. The molecular weight excluding hydrogens is 791 g/mol. The Hall–Kier alpha value is -8.40. The second kappa shape index (κ2) is 13.6. The Labute approximate surface area is 378 Å². The van der Waals surface area contributed by atoms with E-state index in [1.165, 1.54) is 72.3 Å². The highest BCUT2D eigenvalue weighted by Crippen LogP contribution is 2.66. The van der Waals surface area contributed by atoms with E-state index in [1.54, 1.807) is 0 Å². The van der Waals surface area contributed by atoms with Crippen LogP contribution in [0.5, 0.6) is 23.0 Å². The third-order valence-electron chi connectivity index (χ3n) is 14.4. The molecule has 1 heterocycles. The molecule has 0 atom stereocenters. The van der Waals surface area contributed by atoms with Crippen LogP contribution >= 0.6 is 0 Å². The average Bonchev–Trinajstić information content (AvgIpc) is 3.97. The Morgan fingerprint density at radius 2 is 0.723 bits per heavy atom. The van der Waals surface area contributed by atoms with E-state index in [0.717, 1.165) is 28.4 Å². The van der Waals surface area contributed by atoms with E-state index < -0.39 is 10.8 Å². The van der Waals surface area contributed by atoms with Crippen molar-refractivity contribution >= 4 is 17.1 Å². The van der Waals surface area contributed by atoms with Crippen molar-refractivity contribution in [1.29, 1.82) is 0 Å². The lowest BCUT2D eigenvalue weighted by Crippen LogP contribution is -2.28. The summed E-state index contributed by atoms with van der Waals surface area (Å²) in [7, 11) is 0. The molecule has 65 heavy (non-hydrogen) atoms. The summed E-state index contributed by atoms with van der Waals surface area (Å²) in [4.78, 5) is 2.32. The molecule has 0 unspecified atom stereocenters. The van der Waals surface area contributed by atoms with Crippen LogP contribution in [-0.4, -0.2) is 0 Å². The summed E-state index contributed by atoms with van der Waals surface area (Å²) >= 11 is 0. The van der Waals surface area contributed by atoms with Crippen LogP contribution < -0.4 is 14.4 Å². The Bertz CT molecular complexity index is 3470. The summed E-state index contributed by atoms with van der Waals surface area (Å²) in [5.74, 6) is 2.82. The molecule has 10 aromatic rings. The van der Waals surface area contributed by atoms with Crippen LogP contribution in [0, 0.1) is 0 Å². The Balaban J connectivity index is 0.905. The average molecular weight is 830 g/mol. The second-order valence-electron chi connectivity index (χ2n) is 17.5. The van der Waals surface area contributed by atoms with Gasteiger partial charge in [0.1, 0.15) is 0 Å². The highest BCUT2D eigenvalue weighted by molar-refractivity contribution is 5.98. The first-order chi connectivity index (χ1) is 32.2. The molecule has 3 aliphatic carbocycles. The zero-order chi connectivity index (χ0) is 42.7. The third kappa shape index (κ3) is 4.79. The van der Waals surface area contributed by atoms with Crippen LogP contribution in [0.25, 0.3) is 33.4 Å². The van der Waals surface area contributed by atoms with E-state index in [0.29, 0.717) is 17.2 Å². The lowest BCUT2D eigenvalue weighted by molar-refractivity contribution is 0.360. The number of para-hydroxylation sites is 1. The van der Waals surface area contributed by atoms with Gasteiger partial charge in [0.15, 0.2) is 23.0 Å². The van der Waals surface area contributed by atoms with Gasteiger partial charge in [-0.25, -0.2) is 0 Å². The molecule has 1 spiro atoms. The topological polar surface area (TPSA) is 21.7 Å². The van der Waals surface area contributed by atoms with Gasteiger partial charge in [0.2, 0.25) is 0 Å². The van der Waals surface area contributed by atoms with Gasteiger partial charge in [0, 0.05) is 23.0 Å². The molecule has 0 amide bonds. The van der Waals surface area contributed by atoms with E-state index in [4.69, 9.17) is 9.47 Å². The van der Waals surface area contributed by atoms with Crippen LogP contribution in [-0.2, 0) is 10.8 Å². The fourth-order valence-electron chi connectivity index (χ4n) is 11.9. The van der Waals surface area contributed by atoms with E-state index >= 15 is 0 Å². The molecule has 3 heteroatoms. The summed E-state index contributed by atoms with van der Waals surface area (Å²) < 4.78 is 14.0. The quantitative estimate of drug-likeness (QED) is 0.172. The lowest BCUT2D eigenvalue weighted by Gasteiger charge is -2.34. The van der Waals surface area contributed by atoms with Gasteiger partial charge in [-0.1, -0.05) is 188 Å². The number of hydrogen-bond donors (Lipinski definition) is 0. The van der Waals surface area contributed by atoms with Crippen molar-refractivity contribution in [2.45, 2.75) is 10.8 Å². The number of anilines is 3.